The van der Waals surface area contributed by atoms with E-state index in [0.717, 1.165) is 31.8 Å². The summed E-state index contributed by atoms with van der Waals surface area (Å²) in [5, 5.41) is 28.3. The molecule has 3 N–H and O–H groups in total. The van der Waals surface area contributed by atoms with Crippen LogP contribution in [-0.4, -0.2) is 33.5 Å². The van der Waals surface area contributed by atoms with Gasteiger partial charge in [-0.3, -0.25) is 0 Å². The van der Waals surface area contributed by atoms with Crippen LogP contribution in [-0.2, 0) is 4.79 Å². The average molecular weight is 338 g/mol. The second-order valence-corrected chi connectivity index (χ2v) is 6.13. The molecule has 0 heterocycles. The van der Waals surface area contributed by atoms with Crippen LogP contribution in [0.3, 0.4) is 0 Å². The number of aliphatic hydroxyl groups is 2. The van der Waals surface area contributed by atoms with Crippen molar-refractivity contribution in [3.8, 4) is 0 Å². The van der Waals surface area contributed by atoms with Gasteiger partial charge in [-0.1, -0.05) is 75.8 Å². The number of unbranched alkanes of at least 4 members (excludes halogenated alkanes) is 6. The van der Waals surface area contributed by atoms with Crippen LogP contribution in [0.1, 0.15) is 71.1 Å². The Kier molecular flexibility index (Phi) is 15.5. The smallest absolute Gasteiger partial charge is 0.328 e. The van der Waals surface area contributed by atoms with Gasteiger partial charge in [0.25, 0.3) is 0 Å². The Morgan fingerprint density at radius 2 is 1.42 bits per heavy atom. The zero-order chi connectivity index (χ0) is 18.0. The van der Waals surface area contributed by atoms with Crippen molar-refractivity contribution in [3.63, 3.8) is 0 Å². The maximum absolute atomic E-state index is 10.2. The molecule has 0 aromatic carbocycles. The number of rotatable bonds is 15. The Morgan fingerprint density at radius 1 is 0.833 bits per heavy atom. The second-order valence-electron chi connectivity index (χ2n) is 6.13. The highest BCUT2D eigenvalue weighted by Gasteiger charge is 2.14. The standard InChI is InChI=1S/C20H34O4/c1-2-3-4-5-9-12-15-18(21)19(22)16-13-10-7-6-8-11-14-17-20(23)24/h6-8,11,14,17-19,21-22H,2-5,9-10,12-13,15-16H2,1H3,(H,23,24)/t18-,19-/m0/s1. The van der Waals surface area contributed by atoms with Gasteiger partial charge in [0.1, 0.15) is 0 Å². The van der Waals surface area contributed by atoms with Gasteiger partial charge in [0, 0.05) is 6.08 Å². The van der Waals surface area contributed by atoms with Crippen molar-refractivity contribution in [2.75, 3.05) is 0 Å². The quantitative estimate of drug-likeness (QED) is 0.235. The van der Waals surface area contributed by atoms with Crippen molar-refractivity contribution in [1.82, 2.24) is 0 Å². The second kappa shape index (κ2) is 16.5. The molecule has 0 rings (SSSR count). The van der Waals surface area contributed by atoms with Crippen molar-refractivity contribution < 1.29 is 20.1 Å². The minimum atomic E-state index is -0.961. The summed E-state index contributed by atoms with van der Waals surface area (Å²) in [5.74, 6) is -0.961. The number of carboxylic acid groups (broad SMARTS) is 1. The summed E-state index contributed by atoms with van der Waals surface area (Å²) in [6, 6.07) is 0. The molecule has 4 nitrogen and oxygen atoms in total. The highest BCUT2D eigenvalue weighted by molar-refractivity contribution is 5.80. The molecule has 4 heteroatoms. The van der Waals surface area contributed by atoms with E-state index >= 15 is 0 Å². The number of aliphatic hydroxyl groups excluding tert-OH is 2. The van der Waals surface area contributed by atoms with E-state index in [1.807, 2.05) is 12.2 Å². The molecule has 0 aliphatic carbocycles. The maximum Gasteiger partial charge on any atom is 0.328 e. The summed E-state index contributed by atoms with van der Waals surface area (Å²) < 4.78 is 0. The first kappa shape index (κ1) is 22.6. The Balaban J connectivity index is 3.62. The highest BCUT2D eigenvalue weighted by Crippen LogP contribution is 2.13. The molecule has 0 amide bonds. The molecule has 0 aromatic rings. The molecule has 0 aliphatic rings. The van der Waals surface area contributed by atoms with Gasteiger partial charge in [-0.05, 0) is 25.7 Å². The maximum atomic E-state index is 10.2. The van der Waals surface area contributed by atoms with Crippen molar-refractivity contribution >= 4 is 5.97 Å². The van der Waals surface area contributed by atoms with Crippen LogP contribution < -0.4 is 0 Å². The molecule has 0 spiro atoms. The average Bonchev–Trinajstić information content (AvgIpc) is 2.55. The van der Waals surface area contributed by atoms with E-state index in [1.54, 1.807) is 12.2 Å². The first-order chi connectivity index (χ1) is 11.6. The molecule has 0 aliphatic heterocycles. The van der Waals surface area contributed by atoms with Crippen molar-refractivity contribution in [2.24, 2.45) is 0 Å². The Morgan fingerprint density at radius 3 is 2.08 bits per heavy atom. The van der Waals surface area contributed by atoms with Crippen molar-refractivity contribution in [3.05, 3.63) is 36.5 Å². The first-order valence-corrected chi connectivity index (χ1v) is 9.16. The summed E-state index contributed by atoms with van der Waals surface area (Å²) in [7, 11) is 0. The normalized spacial score (nSPS) is 14.8. The van der Waals surface area contributed by atoms with E-state index in [0.29, 0.717) is 12.8 Å². The van der Waals surface area contributed by atoms with Crippen LogP contribution in [0.4, 0.5) is 0 Å². The van der Waals surface area contributed by atoms with Gasteiger partial charge in [-0.25, -0.2) is 4.79 Å². The van der Waals surface area contributed by atoms with Gasteiger partial charge < -0.3 is 15.3 Å². The zero-order valence-corrected chi connectivity index (χ0v) is 14.9. The fourth-order valence-corrected chi connectivity index (χ4v) is 2.40. The lowest BCUT2D eigenvalue weighted by atomic mass is 10.0. The monoisotopic (exact) mass is 338 g/mol. The predicted octanol–water partition coefficient (Wildman–Crippen LogP) is 4.38. The lowest BCUT2D eigenvalue weighted by Crippen LogP contribution is -2.25. The first-order valence-electron chi connectivity index (χ1n) is 9.16. The SMILES string of the molecule is CCCCCCCC[C@H](O)[C@@H](O)CCCC=CC=CC=CC(=O)O. The molecule has 0 unspecified atom stereocenters. The molecule has 0 saturated heterocycles. The largest absolute Gasteiger partial charge is 0.478 e. The van der Waals surface area contributed by atoms with E-state index in [9.17, 15) is 15.0 Å². The fraction of sp³-hybridized carbons (Fsp3) is 0.650. The number of allylic oxidation sites excluding steroid dienone is 5. The Hall–Kier alpha value is -1.39. The summed E-state index contributed by atoms with van der Waals surface area (Å²) >= 11 is 0. The molecule has 0 radical (unpaired) electrons. The van der Waals surface area contributed by atoms with Gasteiger partial charge in [0.15, 0.2) is 0 Å². The van der Waals surface area contributed by atoms with E-state index in [2.05, 4.69) is 6.92 Å². The molecule has 2 atom stereocenters. The van der Waals surface area contributed by atoms with Gasteiger partial charge in [-0.2, -0.15) is 0 Å². The number of aliphatic carboxylic acids is 1. The molecule has 24 heavy (non-hydrogen) atoms. The topological polar surface area (TPSA) is 77.8 Å². The Bertz CT molecular complexity index is 385. The lowest BCUT2D eigenvalue weighted by Gasteiger charge is -2.17. The molecule has 0 bridgehead atoms. The lowest BCUT2D eigenvalue weighted by molar-refractivity contribution is -0.131. The third kappa shape index (κ3) is 15.5. The van der Waals surface area contributed by atoms with E-state index < -0.39 is 18.2 Å². The number of hydrogen-bond acceptors (Lipinski definition) is 3. The predicted molar refractivity (Wildman–Crippen MR) is 98.9 cm³/mol. The van der Waals surface area contributed by atoms with Gasteiger partial charge >= 0.3 is 5.97 Å². The summed E-state index contributed by atoms with van der Waals surface area (Å²) in [6.45, 7) is 2.20. The van der Waals surface area contributed by atoms with Crippen LogP contribution in [0.25, 0.3) is 0 Å². The van der Waals surface area contributed by atoms with Crippen molar-refractivity contribution in [2.45, 2.75) is 83.3 Å². The van der Waals surface area contributed by atoms with Crippen LogP contribution in [0, 0.1) is 0 Å². The molecule has 138 valence electrons. The van der Waals surface area contributed by atoms with Gasteiger partial charge in [0.2, 0.25) is 0 Å². The van der Waals surface area contributed by atoms with Crippen LogP contribution in [0.5, 0.6) is 0 Å². The summed E-state index contributed by atoms with van der Waals surface area (Å²) in [5.41, 5.74) is 0. The molecule has 0 fully saturated rings. The van der Waals surface area contributed by atoms with Crippen LogP contribution in [0.15, 0.2) is 36.5 Å². The third-order valence-electron chi connectivity index (χ3n) is 3.88. The minimum Gasteiger partial charge on any atom is -0.478 e. The van der Waals surface area contributed by atoms with Crippen LogP contribution in [0.2, 0.25) is 0 Å². The summed E-state index contributed by atoms with van der Waals surface area (Å²) in [4.78, 5) is 10.2. The molecule has 0 saturated carbocycles. The van der Waals surface area contributed by atoms with E-state index in [-0.39, 0.29) is 0 Å². The molecular weight excluding hydrogens is 304 g/mol. The minimum absolute atomic E-state index is 0.601. The zero-order valence-electron chi connectivity index (χ0n) is 14.9. The molecule has 0 aromatic heterocycles. The number of hydrogen-bond donors (Lipinski definition) is 3. The van der Waals surface area contributed by atoms with Gasteiger partial charge in [-0.15, -0.1) is 0 Å². The number of carboxylic acids is 1. The number of carbonyl (C=O) groups is 1. The van der Waals surface area contributed by atoms with E-state index in [1.165, 1.54) is 31.8 Å². The van der Waals surface area contributed by atoms with E-state index in [4.69, 9.17) is 5.11 Å². The fourth-order valence-electron chi connectivity index (χ4n) is 2.40. The van der Waals surface area contributed by atoms with Crippen molar-refractivity contribution in [1.29, 1.82) is 0 Å². The van der Waals surface area contributed by atoms with Crippen LogP contribution >= 0.6 is 0 Å². The third-order valence-corrected chi connectivity index (χ3v) is 3.88. The highest BCUT2D eigenvalue weighted by atomic mass is 16.4. The summed E-state index contributed by atoms with van der Waals surface area (Å²) in [6.07, 6.45) is 18.6. The van der Waals surface area contributed by atoms with Gasteiger partial charge in [0.05, 0.1) is 12.2 Å². The Labute approximate surface area is 146 Å². The molecular formula is C20H34O4.